The molecule has 0 saturated carbocycles. The number of anilines is 2. The molecule has 0 spiro atoms. The molecule has 0 atom stereocenters. The minimum absolute atomic E-state index is 0. The van der Waals surface area contributed by atoms with Crippen LogP contribution in [-0.2, 0) is 0 Å². The zero-order chi connectivity index (χ0) is 29.5. The van der Waals surface area contributed by atoms with Gasteiger partial charge in [-0.3, -0.25) is 0 Å². The molecule has 1 heterocycles. The molecule has 4 aromatic rings. The maximum absolute atomic E-state index is 6.21. The Morgan fingerprint density at radius 3 is 1.93 bits per heavy atom. The normalized spacial score (nSPS) is 12.7. The number of hydrogen-bond donors (Lipinski definition) is 0. The average Bonchev–Trinajstić information content (AvgIpc) is 3.14. The summed E-state index contributed by atoms with van der Waals surface area (Å²) in [6.45, 7) is 3.16. The predicted molar refractivity (Wildman–Crippen MR) is 192 cm³/mol. The summed E-state index contributed by atoms with van der Waals surface area (Å²) in [5.74, 6) is 0. The summed E-state index contributed by atoms with van der Waals surface area (Å²) in [6, 6.07) is 32.1. The third-order valence-electron chi connectivity index (χ3n) is 7.44. The first-order valence-corrected chi connectivity index (χ1v) is 15.8. The molecular weight excluding hydrogens is 589 g/mol. The van der Waals surface area contributed by atoms with Crippen molar-refractivity contribution in [2.75, 3.05) is 52.7 Å². The third-order valence-corrected chi connectivity index (χ3v) is 8.81. The molecule has 3 nitrogen and oxygen atoms in total. The van der Waals surface area contributed by atoms with Crippen molar-refractivity contribution < 1.29 is 0 Å². The molecule has 43 heavy (non-hydrogen) atoms. The Morgan fingerprint density at radius 2 is 1.28 bits per heavy atom. The zero-order valence-corrected chi connectivity index (χ0v) is 27.9. The number of para-hydroxylation sites is 1. The molecule has 0 unspecified atom stereocenters. The fourth-order valence-corrected chi connectivity index (χ4v) is 6.62. The van der Waals surface area contributed by atoms with E-state index in [0.29, 0.717) is 0 Å². The third kappa shape index (κ3) is 8.35. The maximum Gasteiger partial charge on any atom is 0.0567 e. The van der Waals surface area contributed by atoms with Crippen LogP contribution < -0.4 is 4.90 Å². The minimum atomic E-state index is 0. The molecular formula is C37H41Cl2N3S. The molecule has 0 amide bonds. The molecule has 0 fully saturated rings. The highest BCUT2D eigenvalue weighted by molar-refractivity contribution is 7.99. The van der Waals surface area contributed by atoms with Crippen LogP contribution in [0.25, 0.3) is 17.7 Å². The van der Waals surface area contributed by atoms with Gasteiger partial charge in [0, 0.05) is 27.9 Å². The fourth-order valence-electron chi connectivity index (χ4n) is 5.38. The number of fused-ring (bicyclic) bond motifs is 4. The van der Waals surface area contributed by atoms with Crippen LogP contribution in [0.1, 0.15) is 35.1 Å². The van der Waals surface area contributed by atoms with Gasteiger partial charge < -0.3 is 14.7 Å². The van der Waals surface area contributed by atoms with Crippen molar-refractivity contribution in [2.45, 2.75) is 22.6 Å². The number of nitrogens with zero attached hydrogens (tertiary/aromatic N) is 3. The number of halogens is 2. The second-order valence-corrected chi connectivity index (χ2v) is 12.7. The summed E-state index contributed by atoms with van der Waals surface area (Å²) < 4.78 is 0. The van der Waals surface area contributed by atoms with Gasteiger partial charge in [0.2, 0.25) is 0 Å². The van der Waals surface area contributed by atoms with Crippen molar-refractivity contribution in [1.29, 1.82) is 0 Å². The highest BCUT2D eigenvalue weighted by Crippen LogP contribution is 2.48. The van der Waals surface area contributed by atoms with Crippen LogP contribution in [-0.4, -0.2) is 57.6 Å². The van der Waals surface area contributed by atoms with Crippen LogP contribution in [0.4, 0.5) is 11.4 Å². The van der Waals surface area contributed by atoms with Gasteiger partial charge in [-0.05, 0) is 106 Å². The Balaban J connectivity index is 0.000000192. The summed E-state index contributed by atoms with van der Waals surface area (Å²) >= 11 is 8.03. The highest BCUT2D eigenvalue weighted by Gasteiger charge is 2.23. The van der Waals surface area contributed by atoms with Gasteiger partial charge in [-0.1, -0.05) is 102 Å². The van der Waals surface area contributed by atoms with Gasteiger partial charge in [0.1, 0.15) is 0 Å². The van der Waals surface area contributed by atoms with Gasteiger partial charge in [-0.2, -0.15) is 0 Å². The quantitative estimate of drug-likeness (QED) is 0.177. The standard InChI is InChI=1S/C20H21N.C17H19ClN2S.ClH/c1-21(2)15-7-12-20-18-10-5-3-8-16(18)13-14-17-9-4-6-11-19(17)20;1-19(2)10-5-11-20-14-6-3-4-7-16(14)21-17-9-8-13(18)12-15(17)20;/h3-6,8-14H,7,15H2,1-2H3;3-4,6-9,12H,5,10-11H2,1-2H3;1H. The molecule has 1 aliphatic heterocycles. The van der Waals surface area contributed by atoms with E-state index in [0.717, 1.165) is 37.5 Å². The monoisotopic (exact) mass is 629 g/mol. The van der Waals surface area contributed by atoms with Crippen LogP contribution >= 0.6 is 35.8 Å². The second kappa shape index (κ2) is 15.7. The van der Waals surface area contributed by atoms with Gasteiger partial charge in [0.25, 0.3) is 0 Å². The first kappa shape index (κ1) is 32.9. The van der Waals surface area contributed by atoms with Gasteiger partial charge in [-0.25, -0.2) is 0 Å². The smallest absolute Gasteiger partial charge is 0.0567 e. The van der Waals surface area contributed by atoms with Crippen LogP contribution in [0.15, 0.2) is 107 Å². The van der Waals surface area contributed by atoms with E-state index in [2.05, 4.69) is 146 Å². The number of benzene rings is 4. The average molecular weight is 631 g/mol. The Bertz CT molecular complexity index is 1530. The zero-order valence-electron chi connectivity index (χ0n) is 25.5. The molecule has 0 saturated heterocycles. The van der Waals surface area contributed by atoms with E-state index < -0.39 is 0 Å². The maximum atomic E-state index is 6.21. The molecule has 0 bridgehead atoms. The van der Waals surface area contributed by atoms with Crippen molar-refractivity contribution in [3.05, 3.63) is 124 Å². The molecule has 0 radical (unpaired) electrons. The van der Waals surface area contributed by atoms with E-state index in [1.165, 1.54) is 49.0 Å². The van der Waals surface area contributed by atoms with E-state index in [-0.39, 0.29) is 12.4 Å². The Hall–Kier alpha value is -2.99. The van der Waals surface area contributed by atoms with Crippen LogP contribution in [0, 0.1) is 0 Å². The Labute approximate surface area is 273 Å². The Kier molecular flexibility index (Phi) is 12.0. The SMILES string of the molecule is CN(C)CCC=C1c2ccccc2C=Cc2ccccc21.CN(C)CCCN1c2ccccc2Sc2ccc(Cl)cc21.Cl. The van der Waals surface area contributed by atoms with Crippen molar-refractivity contribution in [3.8, 4) is 0 Å². The lowest BCUT2D eigenvalue weighted by atomic mass is 9.93. The summed E-state index contributed by atoms with van der Waals surface area (Å²) in [6.07, 6.45) is 9.01. The van der Waals surface area contributed by atoms with Crippen molar-refractivity contribution in [1.82, 2.24) is 9.80 Å². The lowest BCUT2D eigenvalue weighted by Crippen LogP contribution is -2.25. The van der Waals surface area contributed by atoms with Crippen LogP contribution in [0.5, 0.6) is 0 Å². The fraction of sp³-hybridized carbons (Fsp3) is 0.243. The van der Waals surface area contributed by atoms with Gasteiger partial charge >= 0.3 is 0 Å². The first-order valence-electron chi connectivity index (χ1n) is 14.6. The van der Waals surface area contributed by atoms with Gasteiger partial charge in [0.05, 0.1) is 11.4 Å². The molecule has 4 aromatic carbocycles. The van der Waals surface area contributed by atoms with E-state index in [4.69, 9.17) is 11.6 Å². The summed E-state index contributed by atoms with van der Waals surface area (Å²) in [4.78, 5) is 9.45. The first-order chi connectivity index (χ1) is 20.4. The highest BCUT2D eigenvalue weighted by atomic mass is 35.5. The minimum Gasteiger partial charge on any atom is -0.340 e. The lowest BCUT2D eigenvalue weighted by molar-refractivity contribution is 0.402. The lowest BCUT2D eigenvalue weighted by Gasteiger charge is -2.33. The second-order valence-electron chi connectivity index (χ2n) is 11.2. The summed E-state index contributed by atoms with van der Waals surface area (Å²) in [7, 11) is 8.47. The molecule has 6 rings (SSSR count). The van der Waals surface area contributed by atoms with Crippen LogP contribution in [0.3, 0.4) is 0 Å². The molecule has 0 N–H and O–H groups in total. The van der Waals surface area contributed by atoms with E-state index >= 15 is 0 Å². The molecule has 6 heteroatoms. The molecule has 0 aromatic heterocycles. The van der Waals surface area contributed by atoms with Gasteiger partial charge in [0.15, 0.2) is 0 Å². The molecule has 224 valence electrons. The van der Waals surface area contributed by atoms with Crippen molar-refractivity contribution in [3.63, 3.8) is 0 Å². The summed E-state index contributed by atoms with van der Waals surface area (Å²) in [5, 5.41) is 0.798. The van der Waals surface area contributed by atoms with Crippen molar-refractivity contribution in [2.24, 2.45) is 0 Å². The Morgan fingerprint density at radius 1 is 0.698 bits per heavy atom. The van der Waals surface area contributed by atoms with Crippen molar-refractivity contribution >= 4 is 64.9 Å². The summed E-state index contributed by atoms with van der Waals surface area (Å²) in [5.41, 5.74) is 9.12. The number of hydrogen-bond acceptors (Lipinski definition) is 4. The largest absolute Gasteiger partial charge is 0.340 e. The van der Waals surface area contributed by atoms with Gasteiger partial charge in [-0.15, -0.1) is 12.4 Å². The predicted octanol–water partition coefficient (Wildman–Crippen LogP) is 9.87. The number of rotatable bonds is 7. The molecule has 1 aliphatic carbocycles. The van der Waals surface area contributed by atoms with E-state index in [1.54, 1.807) is 0 Å². The van der Waals surface area contributed by atoms with Crippen LogP contribution in [0.2, 0.25) is 5.02 Å². The van der Waals surface area contributed by atoms with E-state index in [9.17, 15) is 0 Å². The molecule has 2 aliphatic rings. The van der Waals surface area contributed by atoms with E-state index in [1.807, 2.05) is 17.8 Å². The topological polar surface area (TPSA) is 9.72 Å².